The second-order valence-electron chi connectivity index (χ2n) is 5.51. The summed E-state index contributed by atoms with van der Waals surface area (Å²) in [5.74, 6) is 1.29. The van der Waals surface area contributed by atoms with Gasteiger partial charge in [-0.1, -0.05) is 26.0 Å². The highest BCUT2D eigenvalue weighted by Gasteiger charge is 2.19. The van der Waals surface area contributed by atoms with E-state index in [1.807, 2.05) is 11.8 Å². The Balaban J connectivity index is 1.95. The Labute approximate surface area is 120 Å². The molecule has 1 saturated heterocycles. The average molecular weight is 277 g/mol. The van der Waals surface area contributed by atoms with Crippen molar-refractivity contribution < 1.29 is 4.79 Å². The molecule has 0 N–H and O–H groups in total. The van der Waals surface area contributed by atoms with Gasteiger partial charge in [0.2, 0.25) is 0 Å². The normalized spacial score (nSPS) is 19.7. The van der Waals surface area contributed by atoms with E-state index in [9.17, 15) is 4.79 Å². The standard InChI is InChI=1S/C16H23NOS/c1-13(2)19-12-14-5-7-16(8-6-14)17-9-3-4-15(10-17)11-18/h5-8,11,13,15H,3-4,9-10,12H2,1-2H3. The minimum atomic E-state index is 0.213. The molecule has 0 radical (unpaired) electrons. The fourth-order valence-electron chi connectivity index (χ4n) is 2.42. The van der Waals surface area contributed by atoms with Gasteiger partial charge in [-0.25, -0.2) is 0 Å². The highest BCUT2D eigenvalue weighted by molar-refractivity contribution is 7.99. The van der Waals surface area contributed by atoms with Crippen LogP contribution < -0.4 is 4.90 Å². The summed E-state index contributed by atoms with van der Waals surface area (Å²) in [6, 6.07) is 8.83. The number of rotatable bonds is 5. The molecule has 1 aromatic rings. The van der Waals surface area contributed by atoms with Crippen LogP contribution in [0.2, 0.25) is 0 Å². The zero-order valence-corrected chi connectivity index (χ0v) is 12.7. The van der Waals surface area contributed by atoms with E-state index < -0.39 is 0 Å². The maximum Gasteiger partial charge on any atom is 0.124 e. The third kappa shape index (κ3) is 4.27. The van der Waals surface area contributed by atoms with Crippen LogP contribution in [-0.2, 0) is 10.5 Å². The minimum Gasteiger partial charge on any atom is -0.371 e. The highest BCUT2D eigenvalue weighted by Crippen LogP contribution is 2.24. The summed E-state index contributed by atoms with van der Waals surface area (Å²) in [4.78, 5) is 13.2. The summed E-state index contributed by atoms with van der Waals surface area (Å²) >= 11 is 1.97. The molecule has 104 valence electrons. The molecule has 1 aliphatic heterocycles. The molecular weight excluding hydrogens is 254 g/mol. The van der Waals surface area contributed by atoms with Gasteiger partial charge < -0.3 is 9.69 Å². The molecule has 1 fully saturated rings. The molecule has 0 aliphatic carbocycles. The Morgan fingerprint density at radius 2 is 2.11 bits per heavy atom. The maximum atomic E-state index is 10.9. The molecule has 0 amide bonds. The largest absolute Gasteiger partial charge is 0.371 e. The molecule has 3 heteroatoms. The maximum absolute atomic E-state index is 10.9. The smallest absolute Gasteiger partial charge is 0.124 e. The van der Waals surface area contributed by atoms with Crippen LogP contribution in [0.15, 0.2) is 24.3 Å². The molecule has 0 spiro atoms. The van der Waals surface area contributed by atoms with Crippen molar-refractivity contribution in [2.24, 2.45) is 5.92 Å². The quantitative estimate of drug-likeness (QED) is 0.765. The Kier molecular flexibility index (Phi) is 5.32. The zero-order chi connectivity index (χ0) is 13.7. The van der Waals surface area contributed by atoms with Crippen LogP contribution in [0.25, 0.3) is 0 Å². The van der Waals surface area contributed by atoms with Gasteiger partial charge in [-0.2, -0.15) is 11.8 Å². The van der Waals surface area contributed by atoms with Crippen molar-refractivity contribution in [3.63, 3.8) is 0 Å². The van der Waals surface area contributed by atoms with Gasteiger partial charge in [-0.05, 0) is 35.8 Å². The molecule has 2 rings (SSSR count). The van der Waals surface area contributed by atoms with Crippen molar-refractivity contribution in [2.75, 3.05) is 18.0 Å². The van der Waals surface area contributed by atoms with Gasteiger partial charge in [-0.3, -0.25) is 0 Å². The number of benzene rings is 1. The van der Waals surface area contributed by atoms with Gasteiger partial charge >= 0.3 is 0 Å². The van der Waals surface area contributed by atoms with Crippen LogP contribution >= 0.6 is 11.8 Å². The molecule has 0 aromatic heterocycles. The number of aldehydes is 1. The number of carbonyl (C=O) groups excluding carboxylic acids is 1. The second-order valence-corrected chi connectivity index (χ2v) is 7.08. The van der Waals surface area contributed by atoms with E-state index in [1.54, 1.807) is 0 Å². The first-order chi connectivity index (χ1) is 9.19. The third-order valence-corrected chi connectivity index (χ3v) is 4.70. The number of hydrogen-bond donors (Lipinski definition) is 0. The molecule has 1 atom stereocenters. The Morgan fingerprint density at radius 3 is 2.74 bits per heavy atom. The van der Waals surface area contributed by atoms with Gasteiger partial charge in [0.1, 0.15) is 6.29 Å². The van der Waals surface area contributed by atoms with Crippen molar-refractivity contribution in [1.82, 2.24) is 0 Å². The Morgan fingerprint density at radius 1 is 1.37 bits per heavy atom. The van der Waals surface area contributed by atoms with E-state index in [1.165, 1.54) is 11.3 Å². The number of nitrogens with zero attached hydrogens (tertiary/aromatic N) is 1. The monoisotopic (exact) mass is 277 g/mol. The number of carbonyl (C=O) groups is 1. The first kappa shape index (κ1) is 14.4. The summed E-state index contributed by atoms with van der Waals surface area (Å²) in [6.07, 6.45) is 3.28. The number of thioether (sulfide) groups is 1. The second kappa shape index (κ2) is 6.99. The summed E-state index contributed by atoms with van der Waals surface area (Å²) in [5.41, 5.74) is 2.64. The fourth-order valence-corrected chi connectivity index (χ4v) is 3.14. The topological polar surface area (TPSA) is 20.3 Å². The summed E-state index contributed by atoms with van der Waals surface area (Å²) < 4.78 is 0. The van der Waals surface area contributed by atoms with Crippen LogP contribution in [0.1, 0.15) is 32.3 Å². The van der Waals surface area contributed by atoms with Crippen LogP contribution in [0.4, 0.5) is 5.69 Å². The molecule has 1 aromatic carbocycles. The molecule has 1 unspecified atom stereocenters. The lowest BCUT2D eigenvalue weighted by Crippen LogP contribution is -2.35. The number of hydrogen-bond acceptors (Lipinski definition) is 3. The van der Waals surface area contributed by atoms with E-state index in [0.717, 1.165) is 38.0 Å². The third-order valence-electron chi connectivity index (χ3n) is 3.54. The van der Waals surface area contributed by atoms with Gasteiger partial charge in [0, 0.05) is 30.4 Å². The molecule has 1 heterocycles. The molecule has 19 heavy (non-hydrogen) atoms. The molecule has 0 saturated carbocycles. The molecule has 0 bridgehead atoms. The first-order valence-corrected chi connectivity index (χ1v) is 8.14. The highest BCUT2D eigenvalue weighted by atomic mass is 32.2. The summed E-state index contributed by atoms with van der Waals surface area (Å²) in [6.45, 7) is 6.41. The number of piperidine rings is 1. The van der Waals surface area contributed by atoms with Crippen molar-refractivity contribution in [2.45, 2.75) is 37.7 Å². The zero-order valence-electron chi connectivity index (χ0n) is 11.8. The predicted octanol–water partition coefficient (Wildman–Crippen LogP) is 3.74. The lowest BCUT2D eigenvalue weighted by Gasteiger charge is -2.32. The van der Waals surface area contributed by atoms with Gasteiger partial charge in [-0.15, -0.1) is 0 Å². The van der Waals surface area contributed by atoms with E-state index >= 15 is 0 Å². The van der Waals surface area contributed by atoms with Crippen LogP contribution in [0.3, 0.4) is 0 Å². The average Bonchev–Trinajstić information content (AvgIpc) is 2.45. The van der Waals surface area contributed by atoms with Crippen molar-refractivity contribution in [1.29, 1.82) is 0 Å². The summed E-state index contributed by atoms with van der Waals surface area (Å²) in [7, 11) is 0. The lowest BCUT2D eigenvalue weighted by molar-refractivity contribution is -0.111. The molecule has 2 nitrogen and oxygen atoms in total. The van der Waals surface area contributed by atoms with Crippen LogP contribution in [0, 0.1) is 5.92 Å². The van der Waals surface area contributed by atoms with E-state index in [4.69, 9.17) is 0 Å². The molecular formula is C16H23NOS. The van der Waals surface area contributed by atoms with Crippen molar-refractivity contribution in [3.8, 4) is 0 Å². The Bertz CT molecular complexity index is 402. The first-order valence-electron chi connectivity index (χ1n) is 7.10. The van der Waals surface area contributed by atoms with Crippen molar-refractivity contribution >= 4 is 23.7 Å². The SMILES string of the molecule is CC(C)SCc1ccc(N2CCCC(C=O)C2)cc1. The van der Waals surface area contributed by atoms with Crippen LogP contribution in [-0.4, -0.2) is 24.6 Å². The van der Waals surface area contributed by atoms with Gasteiger partial charge in [0.25, 0.3) is 0 Å². The van der Waals surface area contributed by atoms with Crippen LogP contribution in [0.5, 0.6) is 0 Å². The van der Waals surface area contributed by atoms with Gasteiger partial charge in [0.05, 0.1) is 0 Å². The van der Waals surface area contributed by atoms with Crippen molar-refractivity contribution in [3.05, 3.63) is 29.8 Å². The summed E-state index contributed by atoms with van der Waals surface area (Å²) in [5, 5.41) is 0.676. The lowest BCUT2D eigenvalue weighted by atomic mass is 9.99. The minimum absolute atomic E-state index is 0.213. The van der Waals surface area contributed by atoms with E-state index in [-0.39, 0.29) is 5.92 Å². The fraction of sp³-hybridized carbons (Fsp3) is 0.562. The number of anilines is 1. The van der Waals surface area contributed by atoms with Gasteiger partial charge in [0.15, 0.2) is 0 Å². The molecule has 1 aliphatic rings. The predicted molar refractivity (Wildman–Crippen MR) is 83.9 cm³/mol. The van der Waals surface area contributed by atoms with E-state index in [2.05, 4.69) is 43.0 Å². The van der Waals surface area contributed by atoms with E-state index in [0.29, 0.717) is 5.25 Å². The Hall–Kier alpha value is -0.960.